The van der Waals surface area contributed by atoms with Crippen LogP contribution < -0.4 is 0 Å². The van der Waals surface area contributed by atoms with Crippen molar-refractivity contribution in [2.24, 2.45) is 0 Å². The van der Waals surface area contributed by atoms with Crippen LogP contribution in [-0.2, 0) is 0 Å². The Labute approximate surface area is 270 Å². The predicted molar refractivity (Wildman–Crippen MR) is 190 cm³/mol. The summed E-state index contributed by atoms with van der Waals surface area (Å²) in [5.74, 6) is 0. The number of benzene rings is 8. The van der Waals surface area contributed by atoms with Gasteiger partial charge in [0, 0.05) is 10.8 Å². The van der Waals surface area contributed by atoms with Gasteiger partial charge in [0.15, 0.2) is 0 Å². The number of hydrogen-bond donors (Lipinski definition) is 0. The maximum absolute atomic E-state index is 9.39. The molecular weight excluding hydrogens is 544 g/mol. The maximum atomic E-state index is 9.39. The Balaban J connectivity index is 1.40. The number of furan rings is 1. The molecule has 9 rings (SSSR count). The molecule has 8 aromatic carbocycles. The second-order valence-electron chi connectivity index (χ2n) is 11.2. The van der Waals surface area contributed by atoms with Crippen LogP contribution in [0.15, 0.2) is 174 Å². The van der Waals surface area contributed by atoms with E-state index in [0.29, 0.717) is 22.1 Å². The summed E-state index contributed by atoms with van der Waals surface area (Å²) in [6.45, 7) is 0. The van der Waals surface area contributed by atoms with Crippen LogP contribution in [0.1, 0.15) is 8.22 Å². The van der Waals surface area contributed by atoms with Crippen molar-refractivity contribution in [1.82, 2.24) is 0 Å². The van der Waals surface area contributed by atoms with E-state index < -0.39 is 0 Å². The van der Waals surface area contributed by atoms with Crippen molar-refractivity contribution in [2.45, 2.75) is 0 Å². The first-order chi connectivity index (χ1) is 24.8. The minimum absolute atomic E-state index is 0.0290. The Kier molecular flexibility index (Phi) is 4.63. The van der Waals surface area contributed by atoms with Crippen molar-refractivity contribution in [3.63, 3.8) is 0 Å². The fraction of sp³-hybridized carbons (Fsp3) is 0. The molecule has 0 atom stereocenters. The molecule has 1 heteroatoms. The largest absolute Gasteiger partial charge is 0.456 e. The van der Waals surface area contributed by atoms with Gasteiger partial charge in [0.05, 0.1) is 8.22 Å². The molecule has 0 fully saturated rings. The van der Waals surface area contributed by atoms with Gasteiger partial charge in [0.25, 0.3) is 0 Å². The van der Waals surface area contributed by atoms with Gasteiger partial charge >= 0.3 is 0 Å². The van der Waals surface area contributed by atoms with Crippen LogP contribution in [0.5, 0.6) is 0 Å². The molecule has 1 aromatic heterocycles. The quantitative estimate of drug-likeness (QED) is 0.189. The lowest BCUT2D eigenvalue weighted by molar-refractivity contribution is 0.669. The molecular formula is C44H28O. The maximum Gasteiger partial charge on any atom is 0.136 e. The fourth-order valence-corrected chi connectivity index (χ4v) is 6.55. The van der Waals surface area contributed by atoms with Crippen molar-refractivity contribution in [1.29, 1.82) is 0 Å². The van der Waals surface area contributed by atoms with E-state index in [4.69, 9.17) is 8.53 Å². The first-order valence-corrected chi connectivity index (χ1v) is 15.0. The number of rotatable bonds is 4. The molecule has 0 unspecified atom stereocenters. The van der Waals surface area contributed by atoms with Gasteiger partial charge in [-0.25, -0.2) is 0 Å². The summed E-state index contributed by atoms with van der Waals surface area (Å²) in [6.07, 6.45) is 0. The summed E-state index contributed by atoms with van der Waals surface area (Å²) >= 11 is 0. The summed E-state index contributed by atoms with van der Waals surface area (Å²) < 4.78 is 61.1. The van der Waals surface area contributed by atoms with Gasteiger partial charge in [0.1, 0.15) is 11.2 Å². The van der Waals surface area contributed by atoms with Crippen molar-refractivity contribution in [3.05, 3.63) is 170 Å². The van der Waals surface area contributed by atoms with E-state index in [0.717, 1.165) is 43.8 Å². The van der Waals surface area contributed by atoms with E-state index in [9.17, 15) is 4.11 Å². The van der Waals surface area contributed by atoms with Crippen molar-refractivity contribution >= 4 is 43.5 Å². The Hall–Kier alpha value is -5.92. The normalized spacial score (nSPS) is 13.4. The molecule has 0 spiro atoms. The van der Waals surface area contributed by atoms with Gasteiger partial charge < -0.3 is 4.42 Å². The van der Waals surface area contributed by atoms with Crippen molar-refractivity contribution < 1.29 is 12.6 Å². The average Bonchev–Trinajstić information content (AvgIpc) is 3.58. The van der Waals surface area contributed by atoms with E-state index in [1.807, 2.05) is 72.8 Å². The third kappa shape index (κ3) is 4.17. The summed E-state index contributed by atoms with van der Waals surface area (Å²) in [6, 6.07) is 42.7. The third-order valence-electron chi connectivity index (χ3n) is 8.60. The Bertz CT molecular complexity index is 2790. The van der Waals surface area contributed by atoms with Crippen LogP contribution in [0.2, 0.25) is 0 Å². The number of hydrogen-bond acceptors (Lipinski definition) is 1. The van der Waals surface area contributed by atoms with Crippen LogP contribution in [-0.4, -0.2) is 0 Å². The van der Waals surface area contributed by atoms with Crippen LogP contribution in [0, 0.1) is 0 Å². The molecule has 0 aliphatic carbocycles. The third-order valence-corrected chi connectivity index (χ3v) is 8.60. The van der Waals surface area contributed by atoms with Gasteiger partial charge in [-0.15, -0.1) is 0 Å². The van der Waals surface area contributed by atoms with Crippen LogP contribution >= 0.6 is 0 Å². The second kappa shape index (κ2) is 10.4. The topological polar surface area (TPSA) is 13.1 Å². The van der Waals surface area contributed by atoms with E-state index in [1.54, 1.807) is 12.1 Å². The highest BCUT2D eigenvalue weighted by molar-refractivity contribution is 6.25. The van der Waals surface area contributed by atoms with Gasteiger partial charge in [0.2, 0.25) is 0 Å². The van der Waals surface area contributed by atoms with Crippen LogP contribution in [0.3, 0.4) is 0 Å². The molecule has 9 aromatic rings. The van der Waals surface area contributed by atoms with E-state index in [-0.39, 0.29) is 58.4 Å². The van der Waals surface area contributed by atoms with Gasteiger partial charge in [-0.2, -0.15) is 0 Å². The van der Waals surface area contributed by atoms with Gasteiger partial charge in [-0.1, -0.05) is 152 Å². The lowest BCUT2D eigenvalue weighted by atomic mass is 9.84. The minimum Gasteiger partial charge on any atom is -0.456 e. The molecule has 0 bridgehead atoms. The van der Waals surface area contributed by atoms with Crippen molar-refractivity contribution in [2.75, 3.05) is 0 Å². The lowest BCUT2D eigenvalue weighted by Crippen LogP contribution is -1.91. The molecule has 45 heavy (non-hydrogen) atoms. The van der Waals surface area contributed by atoms with Gasteiger partial charge in [-0.05, 0) is 84.2 Å². The Morgan fingerprint density at radius 1 is 0.378 bits per heavy atom. The SMILES string of the molecule is [2H]c1c([2H])c(-c2c3ccccc3c(-c3ccc(-c4ccccc4)cc3)c3ccccc23)c2c(oc3c([2H])c(-c4ccccc4)c([2H])c([2H])c32)c1[2H]. The molecule has 0 saturated carbocycles. The zero-order valence-electron chi connectivity index (χ0n) is 30.1. The van der Waals surface area contributed by atoms with Gasteiger partial charge in [-0.3, -0.25) is 0 Å². The smallest absolute Gasteiger partial charge is 0.136 e. The monoisotopic (exact) mass is 578 g/mol. The van der Waals surface area contributed by atoms with Crippen LogP contribution in [0.4, 0.5) is 0 Å². The molecule has 0 amide bonds. The molecule has 0 saturated heterocycles. The molecule has 1 nitrogen and oxygen atoms in total. The minimum atomic E-state index is -0.308. The molecule has 0 N–H and O–H groups in total. The molecule has 0 aliphatic rings. The van der Waals surface area contributed by atoms with E-state index in [1.165, 1.54) is 0 Å². The Morgan fingerprint density at radius 2 is 0.889 bits per heavy atom. The molecule has 0 radical (unpaired) electrons. The summed E-state index contributed by atoms with van der Waals surface area (Å²) in [4.78, 5) is 0. The predicted octanol–water partition coefficient (Wildman–Crippen LogP) is 12.6. The highest BCUT2D eigenvalue weighted by Crippen LogP contribution is 2.47. The second-order valence-corrected chi connectivity index (χ2v) is 11.2. The standard InChI is InChI=1S/C44H28O/c1-3-12-29(13-4-1)31-22-24-32(25-23-31)42-34-16-7-9-18-36(34)43(37-19-10-8-17-35(37)42)39-20-11-21-40-44(39)38-27-26-33(28-41(38)45-40)30-14-5-2-6-15-30/h1-28H/i11D,20D,21D,26D,27D,28D. The zero-order valence-corrected chi connectivity index (χ0v) is 24.1. The molecule has 0 aliphatic heterocycles. The zero-order chi connectivity index (χ0) is 35.0. The van der Waals surface area contributed by atoms with E-state index in [2.05, 4.69) is 48.5 Å². The summed E-state index contributed by atoms with van der Waals surface area (Å²) in [5, 5.41) is 4.07. The first kappa shape index (κ1) is 20.1. The Morgan fingerprint density at radius 3 is 1.51 bits per heavy atom. The summed E-state index contributed by atoms with van der Waals surface area (Å²) in [7, 11) is 0. The van der Waals surface area contributed by atoms with Crippen LogP contribution in [0.25, 0.3) is 88.0 Å². The van der Waals surface area contributed by atoms with E-state index >= 15 is 0 Å². The molecule has 210 valence electrons. The number of fused-ring (bicyclic) bond motifs is 5. The average molecular weight is 579 g/mol. The fourth-order valence-electron chi connectivity index (χ4n) is 6.55. The summed E-state index contributed by atoms with van der Waals surface area (Å²) in [5.41, 5.74) is 6.30. The van der Waals surface area contributed by atoms with Crippen molar-refractivity contribution in [3.8, 4) is 44.5 Å². The molecule has 1 heterocycles. The highest BCUT2D eigenvalue weighted by atomic mass is 16.3. The first-order valence-electron chi connectivity index (χ1n) is 18.0. The highest BCUT2D eigenvalue weighted by Gasteiger charge is 2.20. The lowest BCUT2D eigenvalue weighted by Gasteiger charge is -2.18.